The van der Waals surface area contributed by atoms with Crippen LogP contribution in [0.25, 0.3) is 0 Å². The lowest BCUT2D eigenvalue weighted by atomic mass is 9.34. The van der Waals surface area contributed by atoms with E-state index in [0.29, 0.717) is 50.5 Å². The molecule has 0 radical (unpaired) electrons. The highest BCUT2D eigenvalue weighted by Gasteiger charge is 2.72. The number of aliphatic carboxylic acids is 1. The predicted molar refractivity (Wildman–Crippen MR) is 163 cm³/mol. The first-order valence-corrected chi connectivity index (χ1v) is 16.6. The van der Waals surface area contributed by atoms with Gasteiger partial charge < -0.3 is 25.1 Å². The molecule has 0 aromatic heterocycles. The first kappa shape index (κ1) is 32.0. The average Bonchev–Trinajstić information content (AvgIpc) is 2.90. The van der Waals surface area contributed by atoms with Gasteiger partial charge in [-0.3, -0.25) is 9.59 Å². The van der Waals surface area contributed by atoms with Crippen LogP contribution < -0.4 is 5.73 Å². The van der Waals surface area contributed by atoms with Crippen LogP contribution in [0.1, 0.15) is 100 Å². The number of hydrogen-bond acceptors (Lipinski definition) is 6. The summed E-state index contributed by atoms with van der Waals surface area (Å²) in [5.41, 5.74) is 5.95. The van der Waals surface area contributed by atoms with E-state index < -0.39 is 11.9 Å². The number of hydrogen-bond donors (Lipinski definition) is 2. The van der Waals surface area contributed by atoms with Gasteiger partial charge in [0.1, 0.15) is 12.2 Å². The molecule has 1 aliphatic heterocycles. The minimum Gasteiger partial charge on any atom is -0.481 e. The molecule has 3 saturated carbocycles. The lowest BCUT2D eigenvalue weighted by Crippen LogP contribution is -2.70. The maximum absolute atomic E-state index is 13.3. The fraction of sp³-hybridized carbons (Fsp3) is 0.886. The number of ether oxygens (including phenoxy) is 3. The molecule has 1 heterocycles. The molecule has 42 heavy (non-hydrogen) atoms. The number of esters is 1. The quantitative estimate of drug-likeness (QED) is 0.197. The van der Waals surface area contributed by atoms with Crippen molar-refractivity contribution in [3.63, 3.8) is 0 Å². The second kappa shape index (κ2) is 10.9. The van der Waals surface area contributed by atoms with E-state index in [2.05, 4.69) is 54.5 Å². The minimum absolute atomic E-state index is 0.144. The number of carboxylic acids is 1. The Kier molecular flexibility index (Phi) is 8.27. The molecule has 4 fully saturated rings. The van der Waals surface area contributed by atoms with E-state index in [1.165, 1.54) is 12.5 Å². The minimum atomic E-state index is -0.638. The van der Waals surface area contributed by atoms with Crippen molar-refractivity contribution < 1.29 is 28.9 Å². The van der Waals surface area contributed by atoms with Crippen molar-refractivity contribution in [2.75, 3.05) is 26.4 Å². The van der Waals surface area contributed by atoms with E-state index in [4.69, 9.17) is 19.9 Å². The number of carbonyl (C=O) groups is 2. The van der Waals surface area contributed by atoms with Gasteiger partial charge in [0.2, 0.25) is 0 Å². The highest BCUT2D eigenvalue weighted by atomic mass is 16.6. The summed E-state index contributed by atoms with van der Waals surface area (Å²) in [6.45, 7) is 19.8. The fourth-order valence-corrected chi connectivity index (χ4v) is 11.5. The third-order valence-electron chi connectivity index (χ3n) is 14.0. The Labute approximate surface area is 253 Å². The molecule has 0 aromatic rings. The number of nitrogens with two attached hydrogens (primary N) is 1. The lowest BCUT2D eigenvalue weighted by Gasteiger charge is -2.71. The average molecular weight is 588 g/mol. The fourth-order valence-electron chi connectivity index (χ4n) is 11.5. The number of rotatable bonds is 8. The van der Waals surface area contributed by atoms with Crippen LogP contribution in [-0.2, 0) is 23.8 Å². The number of allylic oxidation sites excluding steroid dienone is 1. The van der Waals surface area contributed by atoms with E-state index in [-0.39, 0.29) is 51.2 Å². The van der Waals surface area contributed by atoms with Crippen LogP contribution in [0.5, 0.6) is 0 Å². The molecule has 0 spiro atoms. The maximum Gasteiger partial charge on any atom is 0.307 e. The monoisotopic (exact) mass is 587 g/mol. The zero-order chi connectivity index (χ0) is 30.9. The number of fused-ring (bicyclic) bond motifs is 3. The van der Waals surface area contributed by atoms with Crippen LogP contribution in [0.15, 0.2) is 11.6 Å². The molecule has 4 aliphatic carbocycles. The van der Waals surface area contributed by atoms with E-state index in [0.717, 1.165) is 38.5 Å². The third kappa shape index (κ3) is 4.37. The Hall–Kier alpha value is -1.44. The Morgan fingerprint density at radius 1 is 1.10 bits per heavy atom. The largest absolute Gasteiger partial charge is 0.481 e. The van der Waals surface area contributed by atoms with Gasteiger partial charge in [-0.15, -0.1) is 0 Å². The summed E-state index contributed by atoms with van der Waals surface area (Å²) in [7, 11) is 0. The first-order valence-electron chi connectivity index (χ1n) is 16.6. The van der Waals surface area contributed by atoms with Gasteiger partial charge in [0.15, 0.2) is 0 Å². The second-order valence-corrected chi connectivity index (χ2v) is 16.1. The van der Waals surface area contributed by atoms with Crippen LogP contribution in [0.4, 0.5) is 0 Å². The van der Waals surface area contributed by atoms with Crippen LogP contribution in [0, 0.1) is 56.7 Å². The number of carbonyl (C=O) groups excluding carboxylic acids is 1. The van der Waals surface area contributed by atoms with Crippen molar-refractivity contribution in [1.82, 2.24) is 0 Å². The van der Waals surface area contributed by atoms with Crippen molar-refractivity contribution in [1.29, 1.82) is 0 Å². The van der Waals surface area contributed by atoms with E-state index in [1.807, 2.05) is 0 Å². The Morgan fingerprint density at radius 3 is 2.43 bits per heavy atom. The topological polar surface area (TPSA) is 108 Å². The molecule has 7 nitrogen and oxygen atoms in total. The Morgan fingerprint density at radius 2 is 1.81 bits per heavy atom. The molecule has 5 aliphatic rings. The summed E-state index contributed by atoms with van der Waals surface area (Å²) in [5.74, 6) is 0.0474. The predicted octanol–water partition coefficient (Wildman–Crippen LogP) is 6.24. The van der Waals surface area contributed by atoms with E-state index >= 15 is 0 Å². The third-order valence-corrected chi connectivity index (χ3v) is 14.0. The highest BCUT2D eigenvalue weighted by Crippen LogP contribution is 2.75. The van der Waals surface area contributed by atoms with Gasteiger partial charge in [-0.2, -0.15) is 0 Å². The van der Waals surface area contributed by atoms with Crippen molar-refractivity contribution in [2.24, 2.45) is 62.4 Å². The van der Waals surface area contributed by atoms with Crippen molar-refractivity contribution in [3.05, 3.63) is 11.6 Å². The molecule has 11 atom stereocenters. The molecule has 7 heteroatoms. The molecular weight excluding hydrogens is 530 g/mol. The summed E-state index contributed by atoms with van der Waals surface area (Å²) in [5, 5.41) is 10.9. The van der Waals surface area contributed by atoms with Gasteiger partial charge in [-0.25, -0.2) is 0 Å². The lowest BCUT2D eigenvalue weighted by molar-refractivity contribution is -0.267. The normalized spacial score (nSPS) is 47.0. The summed E-state index contributed by atoms with van der Waals surface area (Å²) >= 11 is 0. The van der Waals surface area contributed by atoms with E-state index in [1.54, 1.807) is 0 Å². The second-order valence-electron chi connectivity index (χ2n) is 16.1. The summed E-state index contributed by atoms with van der Waals surface area (Å²) in [4.78, 5) is 25.7. The Bertz CT molecular complexity index is 1110. The molecule has 0 aromatic carbocycles. The van der Waals surface area contributed by atoms with Gasteiger partial charge in [0.05, 0.1) is 19.1 Å². The standard InChI is InChI=1S/C35H57NO6/c1-21(2)22(3)31(5)14-15-33(7)24-10-11-27-32(6)19-40-20-35(27,25(24)12-13-34(33,8)28(31)30(38)39)18-26(42-23(4)37)29(32)41-17-9-16-36/h12,21-22,24,26-29H,9-11,13-20,36H2,1-8H3,(H,38,39)/t22-,24+,26-,27+,28-,29+,31-,32+,33-,34+,35+/m1/s1. The van der Waals surface area contributed by atoms with Gasteiger partial charge >= 0.3 is 11.9 Å². The SMILES string of the molecule is CC(=O)O[C@@H]1C[C@@]23COC[C@@](C)([C@@H]2CC[C@H]2C3=CC[C@@]3(C)[C@H](C(=O)O)[C@@](C)([C@H](C)C(C)C)CC[C@]23C)[C@H]1OCCCN. The first-order chi connectivity index (χ1) is 19.6. The van der Waals surface area contributed by atoms with Crippen molar-refractivity contribution >= 4 is 11.9 Å². The van der Waals surface area contributed by atoms with Crippen LogP contribution >= 0.6 is 0 Å². The summed E-state index contributed by atoms with van der Waals surface area (Å²) in [6, 6.07) is 0. The zero-order valence-electron chi connectivity index (χ0n) is 27.5. The molecule has 2 bridgehead atoms. The molecule has 1 saturated heterocycles. The van der Waals surface area contributed by atoms with Crippen molar-refractivity contribution in [2.45, 2.75) is 113 Å². The molecule has 238 valence electrons. The summed E-state index contributed by atoms with van der Waals surface area (Å²) < 4.78 is 19.1. The molecule has 0 amide bonds. The molecule has 3 N–H and O–H groups in total. The highest BCUT2D eigenvalue weighted by molar-refractivity contribution is 5.73. The van der Waals surface area contributed by atoms with Crippen LogP contribution in [-0.4, -0.2) is 55.6 Å². The molecule has 0 unspecified atom stereocenters. The van der Waals surface area contributed by atoms with Crippen LogP contribution in [0.2, 0.25) is 0 Å². The number of carboxylic acid groups (broad SMARTS) is 1. The molecule has 5 rings (SSSR count). The zero-order valence-corrected chi connectivity index (χ0v) is 27.5. The van der Waals surface area contributed by atoms with Crippen molar-refractivity contribution in [3.8, 4) is 0 Å². The van der Waals surface area contributed by atoms with Gasteiger partial charge in [0, 0.05) is 24.4 Å². The maximum atomic E-state index is 13.3. The van der Waals surface area contributed by atoms with Gasteiger partial charge in [0.25, 0.3) is 0 Å². The molecular formula is C35H57NO6. The Balaban J connectivity index is 1.59. The van der Waals surface area contributed by atoms with Gasteiger partial charge in [-0.05, 0) is 91.4 Å². The van der Waals surface area contributed by atoms with E-state index in [9.17, 15) is 14.7 Å². The smallest absolute Gasteiger partial charge is 0.307 e. The van der Waals surface area contributed by atoms with Crippen LogP contribution in [0.3, 0.4) is 0 Å². The summed E-state index contributed by atoms with van der Waals surface area (Å²) in [6.07, 6.45) is 8.13. The van der Waals surface area contributed by atoms with Gasteiger partial charge in [-0.1, -0.05) is 60.1 Å².